The summed E-state index contributed by atoms with van der Waals surface area (Å²) in [5.74, 6) is 1.48. The van der Waals surface area contributed by atoms with Crippen LogP contribution >= 0.6 is 0 Å². The molecule has 3 saturated heterocycles. The van der Waals surface area contributed by atoms with Crippen LogP contribution in [-0.2, 0) is 4.74 Å². The van der Waals surface area contributed by atoms with Gasteiger partial charge in [0, 0.05) is 24.7 Å². The second-order valence-corrected chi connectivity index (χ2v) is 8.35. The molecule has 4 fully saturated rings. The van der Waals surface area contributed by atoms with E-state index >= 15 is 0 Å². The molecule has 3 nitrogen and oxygen atoms in total. The Labute approximate surface area is 129 Å². The van der Waals surface area contributed by atoms with Crippen molar-refractivity contribution in [2.75, 3.05) is 13.7 Å². The van der Waals surface area contributed by atoms with Crippen LogP contribution in [0.25, 0.3) is 0 Å². The summed E-state index contributed by atoms with van der Waals surface area (Å²) in [6.07, 6.45) is 13.2. The quantitative estimate of drug-likeness (QED) is 0.850. The lowest BCUT2D eigenvalue weighted by atomic mass is 9.73. The summed E-state index contributed by atoms with van der Waals surface area (Å²) in [4.78, 5) is 2.63. The molecule has 2 bridgehead atoms. The SMILES string of the molecule is CN1C2CCC1CC(C(N)C1CCOC3(CCCC3)C1)C2. The number of piperidine rings is 1. The molecule has 0 amide bonds. The van der Waals surface area contributed by atoms with Crippen molar-refractivity contribution in [3.63, 3.8) is 0 Å². The Balaban J connectivity index is 1.41. The summed E-state index contributed by atoms with van der Waals surface area (Å²) in [6, 6.07) is 2.06. The smallest absolute Gasteiger partial charge is 0.0685 e. The number of rotatable bonds is 2. The van der Waals surface area contributed by atoms with Crippen molar-refractivity contribution in [1.29, 1.82) is 0 Å². The Morgan fingerprint density at radius 1 is 1.05 bits per heavy atom. The van der Waals surface area contributed by atoms with Crippen molar-refractivity contribution in [3.8, 4) is 0 Å². The van der Waals surface area contributed by atoms with Crippen LogP contribution in [0.3, 0.4) is 0 Å². The Hall–Kier alpha value is -0.120. The molecule has 1 spiro atoms. The van der Waals surface area contributed by atoms with Gasteiger partial charge in [-0.05, 0) is 70.3 Å². The second-order valence-electron chi connectivity index (χ2n) is 8.35. The molecule has 4 aliphatic rings. The highest BCUT2D eigenvalue weighted by molar-refractivity contribution is 5.00. The lowest BCUT2D eigenvalue weighted by molar-refractivity contribution is -0.100. The molecular weight excluding hydrogens is 260 g/mol. The van der Waals surface area contributed by atoms with Gasteiger partial charge in [0.2, 0.25) is 0 Å². The van der Waals surface area contributed by atoms with Gasteiger partial charge in [-0.25, -0.2) is 0 Å². The fraction of sp³-hybridized carbons (Fsp3) is 1.00. The predicted molar refractivity (Wildman–Crippen MR) is 85.1 cm³/mol. The molecule has 4 unspecified atom stereocenters. The Morgan fingerprint density at radius 3 is 2.38 bits per heavy atom. The Kier molecular flexibility index (Phi) is 3.79. The predicted octanol–water partition coefficient (Wildman–Crippen LogP) is 2.93. The second kappa shape index (κ2) is 5.50. The molecular formula is C18H32N2O. The average molecular weight is 292 g/mol. The lowest BCUT2D eigenvalue weighted by Crippen LogP contribution is -2.51. The van der Waals surface area contributed by atoms with Crippen LogP contribution in [0.4, 0.5) is 0 Å². The van der Waals surface area contributed by atoms with Crippen molar-refractivity contribution >= 4 is 0 Å². The minimum atomic E-state index is 0.227. The summed E-state index contributed by atoms with van der Waals surface area (Å²) in [5, 5.41) is 0. The monoisotopic (exact) mass is 292 g/mol. The summed E-state index contributed by atoms with van der Waals surface area (Å²) in [6.45, 7) is 0.956. The Morgan fingerprint density at radius 2 is 1.71 bits per heavy atom. The first-order valence-electron chi connectivity index (χ1n) is 9.28. The fourth-order valence-corrected chi connectivity index (χ4v) is 5.91. The van der Waals surface area contributed by atoms with E-state index in [1.165, 1.54) is 64.2 Å². The maximum absolute atomic E-state index is 6.80. The van der Waals surface area contributed by atoms with E-state index in [0.29, 0.717) is 12.0 Å². The maximum Gasteiger partial charge on any atom is 0.0685 e. The van der Waals surface area contributed by atoms with Gasteiger partial charge in [-0.2, -0.15) is 0 Å². The highest BCUT2D eigenvalue weighted by Gasteiger charge is 2.45. The van der Waals surface area contributed by atoms with Gasteiger partial charge in [-0.1, -0.05) is 12.8 Å². The van der Waals surface area contributed by atoms with E-state index in [-0.39, 0.29) is 5.60 Å². The number of hydrogen-bond acceptors (Lipinski definition) is 3. The van der Waals surface area contributed by atoms with Crippen LogP contribution in [0.15, 0.2) is 0 Å². The van der Waals surface area contributed by atoms with Gasteiger partial charge in [-0.3, -0.25) is 0 Å². The van der Waals surface area contributed by atoms with Gasteiger partial charge in [-0.15, -0.1) is 0 Å². The number of nitrogens with zero attached hydrogens (tertiary/aromatic N) is 1. The molecule has 0 aromatic heterocycles. The van der Waals surface area contributed by atoms with Crippen molar-refractivity contribution in [2.45, 2.75) is 87.9 Å². The first-order valence-corrected chi connectivity index (χ1v) is 9.28. The number of hydrogen-bond donors (Lipinski definition) is 1. The molecule has 21 heavy (non-hydrogen) atoms. The molecule has 4 atom stereocenters. The highest BCUT2D eigenvalue weighted by Crippen LogP contribution is 2.46. The first kappa shape index (κ1) is 14.5. The van der Waals surface area contributed by atoms with Crippen LogP contribution in [0.1, 0.15) is 64.2 Å². The third kappa shape index (κ3) is 2.55. The minimum Gasteiger partial charge on any atom is -0.375 e. The third-order valence-corrected chi connectivity index (χ3v) is 7.27. The summed E-state index contributed by atoms with van der Waals surface area (Å²) >= 11 is 0. The average Bonchev–Trinajstić information content (AvgIpc) is 2.99. The fourth-order valence-electron chi connectivity index (χ4n) is 5.91. The molecule has 2 N–H and O–H groups in total. The van der Waals surface area contributed by atoms with Gasteiger partial charge in [0.15, 0.2) is 0 Å². The van der Waals surface area contributed by atoms with Crippen LogP contribution in [-0.4, -0.2) is 42.3 Å². The van der Waals surface area contributed by atoms with E-state index < -0.39 is 0 Å². The molecule has 3 heterocycles. The zero-order valence-electron chi connectivity index (χ0n) is 13.6. The number of ether oxygens (including phenoxy) is 1. The van der Waals surface area contributed by atoms with Crippen LogP contribution in [0.5, 0.6) is 0 Å². The summed E-state index contributed by atoms with van der Waals surface area (Å²) in [7, 11) is 2.33. The number of fused-ring (bicyclic) bond motifs is 2. The van der Waals surface area contributed by atoms with Gasteiger partial charge in [0.05, 0.1) is 5.60 Å². The highest BCUT2D eigenvalue weighted by atomic mass is 16.5. The standard InChI is InChI=1S/C18H32N2O/c1-20-15-4-5-16(20)11-14(10-15)17(19)13-6-9-21-18(12-13)7-2-3-8-18/h13-17H,2-12,19H2,1H3. The van der Waals surface area contributed by atoms with Crippen LogP contribution < -0.4 is 5.73 Å². The molecule has 0 radical (unpaired) electrons. The normalized spacial score (nSPS) is 44.3. The van der Waals surface area contributed by atoms with Gasteiger partial charge >= 0.3 is 0 Å². The molecule has 120 valence electrons. The zero-order valence-corrected chi connectivity index (χ0v) is 13.6. The summed E-state index contributed by atoms with van der Waals surface area (Å²) in [5.41, 5.74) is 7.02. The van der Waals surface area contributed by atoms with Crippen molar-refractivity contribution in [3.05, 3.63) is 0 Å². The van der Waals surface area contributed by atoms with Crippen molar-refractivity contribution < 1.29 is 4.74 Å². The lowest BCUT2D eigenvalue weighted by Gasteiger charge is -2.45. The molecule has 0 aromatic rings. The van der Waals surface area contributed by atoms with Crippen molar-refractivity contribution in [1.82, 2.24) is 4.90 Å². The van der Waals surface area contributed by atoms with Crippen LogP contribution in [0, 0.1) is 11.8 Å². The number of nitrogens with two attached hydrogens (primary N) is 1. The summed E-state index contributed by atoms with van der Waals surface area (Å²) < 4.78 is 6.20. The van der Waals surface area contributed by atoms with Crippen molar-refractivity contribution in [2.24, 2.45) is 17.6 Å². The van der Waals surface area contributed by atoms with E-state index in [1.54, 1.807) is 0 Å². The largest absolute Gasteiger partial charge is 0.375 e. The van der Waals surface area contributed by atoms with Crippen LogP contribution in [0.2, 0.25) is 0 Å². The van der Waals surface area contributed by atoms with Gasteiger partial charge in [0.25, 0.3) is 0 Å². The molecule has 3 aliphatic heterocycles. The first-order chi connectivity index (χ1) is 10.2. The van der Waals surface area contributed by atoms with Gasteiger partial charge < -0.3 is 15.4 Å². The van der Waals surface area contributed by atoms with Gasteiger partial charge in [0.1, 0.15) is 0 Å². The maximum atomic E-state index is 6.80. The minimum absolute atomic E-state index is 0.227. The molecule has 0 aromatic carbocycles. The third-order valence-electron chi connectivity index (χ3n) is 7.27. The topological polar surface area (TPSA) is 38.5 Å². The van der Waals surface area contributed by atoms with E-state index in [4.69, 9.17) is 10.5 Å². The molecule has 1 saturated carbocycles. The van der Waals surface area contributed by atoms with E-state index in [2.05, 4.69) is 11.9 Å². The van der Waals surface area contributed by atoms with E-state index in [1.807, 2.05) is 0 Å². The molecule has 3 heteroatoms. The molecule has 4 rings (SSSR count). The van der Waals surface area contributed by atoms with E-state index in [9.17, 15) is 0 Å². The van der Waals surface area contributed by atoms with E-state index in [0.717, 1.165) is 24.6 Å². The zero-order chi connectivity index (χ0) is 14.4. The molecule has 1 aliphatic carbocycles. The Bertz CT molecular complexity index is 365.